The summed E-state index contributed by atoms with van der Waals surface area (Å²) in [6.07, 6.45) is 4.07. The van der Waals surface area contributed by atoms with Gasteiger partial charge in [0.15, 0.2) is 17.0 Å². The number of para-hydroxylation sites is 1. The highest BCUT2D eigenvalue weighted by atomic mass is 16.6. The Morgan fingerprint density at radius 2 is 1.83 bits per heavy atom. The molecule has 3 heterocycles. The van der Waals surface area contributed by atoms with Gasteiger partial charge in [-0.15, -0.1) is 0 Å². The number of urea groups is 1. The molecule has 178 valence electrons. The van der Waals surface area contributed by atoms with E-state index in [2.05, 4.69) is 25.6 Å². The number of nitrogens with zero attached hydrogens (tertiary/aromatic N) is 4. The van der Waals surface area contributed by atoms with Gasteiger partial charge in [-0.25, -0.2) is 24.5 Å². The van der Waals surface area contributed by atoms with Crippen LogP contribution in [0.15, 0.2) is 67.3 Å². The number of anilines is 2. The number of benzene rings is 2. The Balaban J connectivity index is 1.22. The van der Waals surface area contributed by atoms with Crippen LogP contribution in [0, 0.1) is 0 Å². The third-order valence-corrected chi connectivity index (χ3v) is 5.55. The van der Waals surface area contributed by atoms with Crippen molar-refractivity contribution in [3.05, 3.63) is 72.8 Å². The maximum Gasteiger partial charge on any atom is 0.335 e. The number of hydrogen-bond acceptors (Lipinski definition) is 7. The second kappa shape index (κ2) is 9.77. The Kier molecular flexibility index (Phi) is 6.22. The molecule has 2 aromatic heterocycles. The number of fused-ring (bicyclic) bond motifs is 1. The number of carbonyl (C=O) groups excluding carboxylic acids is 1. The number of aromatic carboxylic acids is 1. The van der Waals surface area contributed by atoms with Crippen LogP contribution in [-0.2, 0) is 4.74 Å². The summed E-state index contributed by atoms with van der Waals surface area (Å²) in [4.78, 5) is 36.3. The zero-order valence-electron chi connectivity index (χ0n) is 18.5. The lowest BCUT2D eigenvalue weighted by atomic mass is 10.2. The second-order valence-electron chi connectivity index (χ2n) is 7.92. The predicted molar refractivity (Wildman–Crippen MR) is 126 cm³/mol. The molecule has 0 radical (unpaired) electrons. The van der Waals surface area contributed by atoms with Gasteiger partial charge in [0.2, 0.25) is 0 Å². The van der Waals surface area contributed by atoms with Crippen molar-refractivity contribution in [2.45, 2.75) is 25.2 Å². The maximum atomic E-state index is 12.4. The topological polar surface area (TPSA) is 140 Å². The highest BCUT2D eigenvalue weighted by Gasteiger charge is 2.29. The van der Waals surface area contributed by atoms with E-state index in [0.29, 0.717) is 35.0 Å². The lowest BCUT2D eigenvalue weighted by Crippen LogP contribution is -2.20. The summed E-state index contributed by atoms with van der Waals surface area (Å²) in [6, 6.07) is 14.9. The maximum absolute atomic E-state index is 12.4. The largest absolute Gasteiger partial charge is 0.491 e. The van der Waals surface area contributed by atoms with E-state index in [1.165, 1.54) is 18.5 Å². The number of aromatic nitrogens is 4. The summed E-state index contributed by atoms with van der Waals surface area (Å²) in [7, 11) is 0. The molecule has 2 unspecified atom stereocenters. The van der Waals surface area contributed by atoms with Gasteiger partial charge in [0.1, 0.15) is 24.9 Å². The van der Waals surface area contributed by atoms with Crippen LogP contribution < -0.4 is 15.4 Å². The molecule has 5 rings (SSSR count). The fourth-order valence-electron chi connectivity index (χ4n) is 3.84. The first kappa shape index (κ1) is 22.3. The molecule has 3 N–H and O–H groups in total. The van der Waals surface area contributed by atoms with Gasteiger partial charge in [0.05, 0.1) is 18.0 Å². The monoisotopic (exact) mass is 474 g/mol. The Bertz CT molecular complexity index is 1340. The number of ether oxygens (including phenoxy) is 2. The zero-order valence-corrected chi connectivity index (χ0v) is 18.5. The van der Waals surface area contributed by atoms with E-state index >= 15 is 0 Å². The number of imidazole rings is 1. The molecule has 0 spiro atoms. The number of carboxylic acids is 1. The standard InChI is InChI=1S/C24H22N6O5/c31-23(32)15-6-8-17(9-7-15)34-12-18-10-11-19(35-18)30-14-27-20-21(25-13-26-22(20)30)29-24(33)28-16-4-2-1-3-5-16/h1-9,13-14,18-19H,10-12H2,(H,31,32)(H2,25,26,28,29,33). The SMILES string of the molecule is O=C(Nc1ccccc1)Nc1ncnc2c1ncn2C1CCC(COc2ccc(C(=O)O)cc2)O1. The normalized spacial score (nSPS) is 17.3. The second-order valence-corrected chi connectivity index (χ2v) is 7.92. The van der Waals surface area contributed by atoms with Crippen LogP contribution in [-0.4, -0.2) is 49.3 Å². The van der Waals surface area contributed by atoms with Crippen molar-refractivity contribution in [2.24, 2.45) is 0 Å². The third kappa shape index (κ3) is 5.04. The van der Waals surface area contributed by atoms with Crippen LogP contribution in [0.1, 0.15) is 29.4 Å². The van der Waals surface area contributed by atoms with Gasteiger partial charge >= 0.3 is 12.0 Å². The lowest BCUT2D eigenvalue weighted by Gasteiger charge is -2.16. The third-order valence-electron chi connectivity index (χ3n) is 5.55. The molecule has 0 aliphatic carbocycles. The summed E-state index contributed by atoms with van der Waals surface area (Å²) in [5.74, 6) is -0.109. The van der Waals surface area contributed by atoms with Gasteiger partial charge in [-0.1, -0.05) is 18.2 Å². The molecule has 1 aliphatic rings. The molecule has 35 heavy (non-hydrogen) atoms. The number of carboxylic acid groups (broad SMARTS) is 1. The summed E-state index contributed by atoms with van der Waals surface area (Å²) in [6.45, 7) is 0.330. The first-order chi connectivity index (χ1) is 17.1. The molecule has 11 nitrogen and oxygen atoms in total. The molecular formula is C24H22N6O5. The first-order valence-electron chi connectivity index (χ1n) is 11.0. The van der Waals surface area contributed by atoms with Crippen molar-refractivity contribution in [2.75, 3.05) is 17.2 Å². The smallest absolute Gasteiger partial charge is 0.335 e. The Labute approximate surface area is 199 Å². The summed E-state index contributed by atoms with van der Waals surface area (Å²) in [5.41, 5.74) is 1.87. The molecule has 2 atom stereocenters. The highest BCUT2D eigenvalue weighted by molar-refractivity contribution is 6.02. The van der Waals surface area contributed by atoms with Gasteiger partial charge in [0.25, 0.3) is 0 Å². The van der Waals surface area contributed by atoms with Crippen LogP contribution in [0.3, 0.4) is 0 Å². The van der Waals surface area contributed by atoms with Gasteiger partial charge < -0.3 is 19.9 Å². The molecule has 1 saturated heterocycles. The van der Waals surface area contributed by atoms with E-state index in [1.807, 2.05) is 22.8 Å². The van der Waals surface area contributed by atoms with Gasteiger partial charge in [-0.2, -0.15) is 0 Å². The van der Waals surface area contributed by atoms with E-state index in [9.17, 15) is 9.59 Å². The first-order valence-corrected chi connectivity index (χ1v) is 11.0. The van der Waals surface area contributed by atoms with E-state index in [1.54, 1.807) is 30.6 Å². The average Bonchev–Trinajstić information content (AvgIpc) is 3.51. The van der Waals surface area contributed by atoms with Crippen LogP contribution in [0.2, 0.25) is 0 Å². The van der Waals surface area contributed by atoms with Crippen LogP contribution >= 0.6 is 0 Å². The van der Waals surface area contributed by atoms with Crippen molar-refractivity contribution < 1.29 is 24.2 Å². The molecule has 0 saturated carbocycles. The Morgan fingerprint density at radius 1 is 1.03 bits per heavy atom. The molecule has 2 aromatic carbocycles. The minimum atomic E-state index is -0.981. The minimum absolute atomic E-state index is 0.146. The molecule has 11 heteroatoms. The van der Waals surface area contributed by atoms with Crippen molar-refractivity contribution in [1.29, 1.82) is 0 Å². The number of carbonyl (C=O) groups is 2. The van der Waals surface area contributed by atoms with Crippen LogP contribution in [0.5, 0.6) is 5.75 Å². The van der Waals surface area contributed by atoms with E-state index in [4.69, 9.17) is 14.6 Å². The molecule has 1 aliphatic heterocycles. The number of amides is 2. The Hall–Kier alpha value is -4.51. The fourth-order valence-corrected chi connectivity index (χ4v) is 3.84. The van der Waals surface area contributed by atoms with Gasteiger partial charge in [0, 0.05) is 5.69 Å². The molecule has 0 bridgehead atoms. The van der Waals surface area contributed by atoms with E-state index in [-0.39, 0.29) is 17.9 Å². The number of nitrogens with one attached hydrogen (secondary N) is 2. The van der Waals surface area contributed by atoms with E-state index in [0.717, 1.165) is 12.8 Å². The molecular weight excluding hydrogens is 452 g/mol. The van der Waals surface area contributed by atoms with Crippen molar-refractivity contribution in [3.8, 4) is 5.75 Å². The van der Waals surface area contributed by atoms with Gasteiger partial charge in [-0.3, -0.25) is 9.88 Å². The van der Waals surface area contributed by atoms with Crippen molar-refractivity contribution in [1.82, 2.24) is 19.5 Å². The van der Waals surface area contributed by atoms with Crippen LogP contribution in [0.4, 0.5) is 16.3 Å². The van der Waals surface area contributed by atoms with Gasteiger partial charge in [-0.05, 0) is 49.2 Å². The van der Waals surface area contributed by atoms with Crippen molar-refractivity contribution >= 4 is 34.7 Å². The fraction of sp³-hybridized carbons (Fsp3) is 0.208. The molecule has 1 fully saturated rings. The molecule has 4 aromatic rings. The summed E-state index contributed by atoms with van der Waals surface area (Å²) < 4.78 is 13.7. The lowest BCUT2D eigenvalue weighted by molar-refractivity contribution is -0.0158. The quantitative estimate of drug-likeness (QED) is 0.366. The molecule has 2 amide bonds. The highest BCUT2D eigenvalue weighted by Crippen LogP contribution is 2.31. The number of rotatable bonds is 7. The number of hydrogen-bond donors (Lipinski definition) is 3. The summed E-state index contributed by atoms with van der Waals surface area (Å²) in [5, 5.41) is 14.5. The van der Waals surface area contributed by atoms with Crippen LogP contribution in [0.25, 0.3) is 11.2 Å². The predicted octanol–water partition coefficient (Wildman–Crippen LogP) is 3.93. The Morgan fingerprint density at radius 3 is 2.60 bits per heavy atom. The van der Waals surface area contributed by atoms with E-state index < -0.39 is 12.0 Å². The summed E-state index contributed by atoms with van der Waals surface area (Å²) >= 11 is 0. The average molecular weight is 474 g/mol. The zero-order chi connectivity index (χ0) is 24.2. The minimum Gasteiger partial charge on any atom is -0.491 e. The van der Waals surface area contributed by atoms with Crippen molar-refractivity contribution in [3.63, 3.8) is 0 Å².